The minimum atomic E-state index is -0.196. The van der Waals surface area contributed by atoms with E-state index in [2.05, 4.69) is 26.0 Å². The van der Waals surface area contributed by atoms with Crippen molar-refractivity contribution in [2.75, 3.05) is 7.05 Å². The maximum atomic E-state index is 13.4. The largest absolute Gasteiger partial charge is 0.337 e. The van der Waals surface area contributed by atoms with Gasteiger partial charge >= 0.3 is 0 Å². The number of nitrogens with zero attached hydrogens (tertiary/aromatic N) is 2. The molecule has 0 atom stereocenters. The fourth-order valence-electron chi connectivity index (χ4n) is 3.81. The molecule has 148 valence electrons. The number of carbonyl (C=O) groups is 1. The van der Waals surface area contributed by atoms with E-state index in [1.165, 1.54) is 22.6 Å². The molecule has 0 saturated heterocycles. The second-order valence-corrected chi connectivity index (χ2v) is 7.97. The van der Waals surface area contributed by atoms with E-state index in [-0.39, 0.29) is 17.5 Å². The maximum absolute atomic E-state index is 13.4. The van der Waals surface area contributed by atoms with Crippen molar-refractivity contribution in [3.63, 3.8) is 0 Å². The highest BCUT2D eigenvalue weighted by molar-refractivity contribution is 6.18. The van der Waals surface area contributed by atoms with Gasteiger partial charge in [-0.1, -0.05) is 63.4 Å². The Labute approximate surface area is 167 Å². The Hall–Kier alpha value is -2.62. The van der Waals surface area contributed by atoms with Gasteiger partial charge in [0.25, 0.3) is 11.5 Å². The molecule has 4 heteroatoms. The average Bonchev–Trinajstić information content (AvgIpc) is 2.72. The lowest BCUT2D eigenvalue weighted by Crippen LogP contribution is -2.40. The standard InChI is InChI=1S/C24H30N2O2/c1-18(2)20-14-12-19(13-15-20)17-22(26-16-8-7-11-23(26)27)24(28)25(3)21-9-5-4-6-10-21/h7-8,11-18,21H,4-6,9-10H2,1-3H3/b22-17-. The van der Waals surface area contributed by atoms with Crippen LogP contribution in [0, 0.1) is 0 Å². The fraction of sp³-hybridized carbons (Fsp3) is 0.417. The van der Waals surface area contributed by atoms with Gasteiger partial charge in [0.1, 0.15) is 5.70 Å². The lowest BCUT2D eigenvalue weighted by atomic mass is 9.94. The Bertz CT molecular complexity index is 887. The van der Waals surface area contributed by atoms with Crippen LogP contribution in [0.15, 0.2) is 53.5 Å². The smallest absolute Gasteiger partial charge is 0.270 e. The summed E-state index contributed by atoms with van der Waals surface area (Å²) in [5.74, 6) is 0.349. The van der Waals surface area contributed by atoms with Crippen molar-refractivity contribution in [1.82, 2.24) is 9.47 Å². The summed E-state index contributed by atoms with van der Waals surface area (Å²) in [4.78, 5) is 27.6. The third-order valence-corrected chi connectivity index (χ3v) is 5.65. The summed E-state index contributed by atoms with van der Waals surface area (Å²) < 4.78 is 1.46. The number of hydrogen-bond donors (Lipinski definition) is 0. The molecule has 4 nitrogen and oxygen atoms in total. The van der Waals surface area contributed by atoms with Crippen LogP contribution in [0.2, 0.25) is 0 Å². The van der Waals surface area contributed by atoms with E-state index in [0.29, 0.717) is 11.6 Å². The Morgan fingerprint density at radius 3 is 2.36 bits per heavy atom. The molecule has 3 rings (SSSR count). The molecule has 1 aromatic carbocycles. The number of carbonyl (C=O) groups excluding carboxylic acids is 1. The van der Waals surface area contributed by atoms with Gasteiger partial charge in [-0.05, 0) is 42.0 Å². The van der Waals surface area contributed by atoms with Crippen molar-refractivity contribution in [3.8, 4) is 0 Å². The van der Waals surface area contributed by atoms with Gasteiger partial charge in [0.15, 0.2) is 0 Å². The predicted molar refractivity (Wildman–Crippen MR) is 115 cm³/mol. The van der Waals surface area contributed by atoms with Crippen LogP contribution in [0.4, 0.5) is 0 Å². The highest BCUT2D eigenvalue weighted by Gasteiger charge is 2.25. The Kier molecular flexibility index (Phi) is 6.50. The van der Waals surface area contributed by atoms with Crippen molar-refractivity contribution in [1.29, 1.82) is 0 Å². The summed E-state index contributed by atoms with van der Waals surface area (Å²) in [6, 6.07) is 13.4. The van der Waals surface area contributed by atoms with Gasteiger partial charge in [0.2, 0.25) is 0 Å². The van der Waals surface area contributed by atoms with E-state index in [4.69, 9.17) is 0 Å². The molecule has 1 amide bonds. The molecule has 1 aromatic heterocycles. The molecule has 1 aliphatic rings. The first-order valence-corrected chi connectivity index (χ1v) is 10.2. The summed E-state index contributed by atoms with van der Waals surface area (Å²) in [5, 5.41) is 0. The molecule has 0 bridgehead atoms. The predicted octanol–water partition coefficient (Wildman–Crippen LogP) is 4.76. The first kappa shape index (κ1) is 20.1. The van der Waals surface area contributed by atoms with Crippen LogP contribution in [0.1, 0.15) is 63.0 Å². The van der Waals surface area contributed by atoms with Crippen molar-refractivity contribution in [2.45, 2.75) is 57.9 Å². The van der Waals surface area contributed by atoms with Gasteiger partial charge in [0, 0.05) is 25.4 Å². The molecule has 0 spiro atoms. The number of rotatable bonds is 5. The highest BCUT2D eigenvalue weighted by atomic mass is 16.2. The summed E-state index contributed by atoms with van der Waals surface area (Å²) >= 11 is 0. The van der Waals surface area contributed by atoms with E-state index in [0.717, 1.165) is 31.2 Å². The van der Waals surface area contributed by atoms with Crippen LogP contribution in [-0.4, -0.2) is 28.5 Å². The van der Waals surface area contributed by atoms with Gasteiger partial charge < -0.3 is 4.90 Å². The van der Waals surface area contributed by atoms with E-state index in [1.54, 1.807) is 18.3 Å². The molecule has 28 heavy (non-hydrogen) atoms. The van der Waals surface area contributed by atoms with Crippen LogP contribution in [0.3, 0.4) is 0 Å². The first-order chi connectivity index (χ1) is 13.5. The molecular formula is C24H30N2O2. The second kappa shape index (κ2) is 9.05. The minimum absolute atomic E-state index is 0.104. The molecule has 0 unspecified atom stereocenters. The van der Waals surface area contributed by atoms with Gasteiger partial charge in [-0.2, -0.15) is 0 Å². The fourth-order valence-corrected chi connectivity index (χ4v) is 3.81. The van der Waals surface area contributed by atoms with Crippen LogP contribution in [-0.2, 0) is 4.79 Å². The molecule has 2 aromatic rings. The Morgan fingerprint density at radius 2 is 1.75 bits per heavy atom. The van der Waals surface area contributed by atoms with E-state index in [9.17, 15) is 9.59 Å². The Morgan fingerprint density at radius 1 is 1.07 bits per heavy atom. The number of likely N-dealkylation sites (N-methyl/N-ethyl adjacent to an activating group) is 1. The van der Waals surface area contributed by atoms with Gasteiger partial charge in [-0.3, -0.25) is 14.2 Å². The quantitative estimate of drug-likeness (QED) is 0.704. The number of pyridine rings is 1. The summed E-state index contributed by atoms with van der Waals surface area (Å²) in [7, 11) is 1.86. The Balaban J connectivity index is 1.98. The van der Waals surface area contributed by atoms with E-state index in [1.807, 2.05) is 30.2 Å². The molecule has 1 fully saturated rings. The molecule has 1 aliphatic carbocycles. The minimum Gasteiger partial charge on any atom is -0.337 e. The number of hydrogen-bond acceptors (Lipinski definition) is 2. The van der Waals surface area contributed by atoms with Crippen LogP contribution < -0.4 is 5.56 Å². The lowest BCUT2D eigenvalue weighted by molar-refractivity contribution is -0.126. The second-order valence-electron chi connectivity index (χ2n) is 7.97. The van der Waals surface area contributed by atoms with Crippen molar-refractivity contribution < 1.29 is 4.79 Å². The van der Waals surface area contributed by atoms with Gasteiger partial charge in [0.05, 0.1) is 0 Å². The molecule has 1 heterocycles. The molecule has 1 saturated carbocycles. The van der Waals surface area contributed by atoms with Gasteiger partial charge in [-0.25, -0.2) is 0 Å². The van der Waals surface area contributed by atoms with Crippen LogP contribution in [0.25, 0.3) is 11.8 Å². The molecule has 0 radical (unpaired) electrons. The topological polar surface area (TPSA) is 42.3 Å². The zero-order valence-corrected chi connectivity index (χ0v) is 17.1. The molecule has 0 N–H and O–H groups in total. The van der Waals surface area contributed by atoms with E-state index < -0.39 is 0 Å². The zero-order valence-electron chi connectivity index (χ0n) is 17.1. The number of aromatic nitrogens is 1. The number of benzene rings is 1. The van der Waals surface area contributed by atoms with Crippen molar-refractivity contribution in [2.24, 2.45) is 0 Å². The highest BCUT2D eigenvalue weighted by Crippen LogP contribution is 2.24. The first-order valence-electron chi connectivity index (χ1n) is 10.2. The van der Waals surface area contributed by atoms with Crippen LogP contribution in [0.5, 0.6) is 0 Å². The van der Waals surface area contributed by atoms with Crippen LogP contribution >= 0.6 is 0 Å². The summed E-state index contributed by atoms with van der Waals surface area (Å²) in [5.41, 5.74) is 2.37. The molecular weight excluding hydrogens is 348 g/mol. The SMILES string of the molecule is CC(C)c1ccc(/C=C(/C(=O)N(C)C2CCCCC2)n2ccccc2=O)cc1. The van der Waals surface area contributed by atoms with Crippen molar-refractivity contribution >= 4 is 17.7 Å². The lowest BCUT2D eigenvalue weighted by Gasteiger charge is -2.32. The normalized spacial score (nSPS) is 15.6. The van der Waals surface area contributed by atoms with Gasteiger partial charge in [-0.15, -0.1) is 0 Å². The zero-order chi connectivity index (χ0) is 20.1. The maximum Gasteiger partial charge on any atom is 0.270 e. The summed E-state index contributed by atoms with van der Waals surface area (Å²) in [6.45, 7) is 4.31. The summed E-state index contributed by atoms with van der Waals surface area (Å²) in [6.07, 6.45) is 9.11. The number of amides is 1. The molecule has 0 aliphatic heterocycles. The third-order valence-electron chi connectivity index (χ3n) is 5.65. The monoisotopic (exact) mass is 378 g/mol. The van der Waals surface area contributed by atoms with E-state index >= 15 is 0 Å². The average molecular weight is 379 g/mol. The third kappa shape index (κ3) is 4.61. The van der Waals surface area contributed by atoms with Crippen molar-refractivity contribution in [3.05, 3.63) is 70.1 Å².